The van der Waals surface area contributed by atoms with Crippen molar-refractivity contribution in [1.82, 2.24) is 0 Å². The lowest BCUT2D eigenvalue weighted by Gasteiger charge is -2.14. The monoisotopic (exact) mass is 604 g/mol. The number of aliphatic carboxylic acids is 1. The zero-order chi connectivity index (χ0) is 31.3. The van der Waals surface area contributed by atoms with Crippen LogP contribution in [-0.2, 0) is 11.0 Å². The number of hydrogen-bond donors (Lipinski definition) is 1. The average molecular weight is 605 g/mol. The molecule has 0 unspecified atom stereocenters. The fraction of sp³-hybridized carbons (Fsp3) is 0.583. The Bertz CT molecular complexity index is 1090. The fourth-order valence-electron chi connectivity index (χ4n) is 4.98. The Kier molecular flexibility index (Phi) is 17.6. The van der Waals surface area contributed by atoms with Gasteiger partial charge in [-0.2, -0.15) is 13.2 Å². The molecule has 7 heteroatoms. The van der Waals surface area contributed by atoms with Crippen LogP contribution in [0.1, 0.15) is 133 Å². The number of hydrogen-bond acceptors (Lipinski definition) is 3. The van der Waals surface area contributed by atoms with Crippen LogP contribution in [0.2, 0.25) is 0 Å². The SMILES string of the molecule is CCCCCCCCCCOc1ccc(/C=C(/C(=O)O)c2cccc(C(F)(F)F)c2)cc1OCCCCCCCCCC. The third kappa shape index (κ3) is 14.9. The molecule has 43 heavy (non-hydrogen) atoms. The van der Waals surface area contributed by atoms with Crippen molar-refractivity contribution in [2.75, 3.05) is 13.2 Å². The van der Waals surface area contributed by atoms with Crippen LogP contribution in [0.25, 0.3) is 11.6 Å². The highest BCUT2D eigenvalue weighted by Crippen LogP contribution is 2.33. The van der Waals surface area contributed by atoms with E-state index in [2.05, 4.69) is 13.8 Å². The van der Waals surface area contributed by atoms with Gasteiger partial charge in [-0.3, -0.25) is 0 Å². The highest BCUT2D eigenvalue weighted by atomic mass is 19.4. The molecule has 2 rings (SSSR count). The molecule has 0 aliphatic heterocycles. The molecule has 0 bridgehead atoms. The lowest BCUT2D eigenvalue weighted by molar-refractivity contribution is -0.137. The predicted octanol–water partition coefficient (Wildman–Crippen LogP) is 11.4. The van der Waals surface area contributed by atoms with Gasteiger partial charge in [0.25, 0.3) is 0 Å². The normalized spacial score (nSPS) is 12.0. The minimum atomic E-state index is -4.57. The molecule has 0 fully saturated rings. The second kappa shape index (κ2) is 20.9. The third-order valence-corrected chi connectivity index (χ3v) is 7.52. The Morgan fingerprint density at radius 3 is 1.72 bits per heavy atom. The predicted molar refractivity (Wildman–Crippen MR) is 170 cm³/mol. The van der Waals surface area contributed by atoms with Gasteiger partial charge in [0.05, 0.1) is 24.4 Å². The summed E-state index contributed by atoms with van der Waals surface area (Å²) < 4.78 is 52.0. The Morgan fingerprint density at radius 1 is 0.698 bits per heavy atom. The van der Waals surface area contributed by atoms with E-state index in [1.54, 1.807) is 18.2 Å². The number of unbranched alkanes of at least 4 members (excludes halogenated alkanes) is 14. The summed E-state index contributed by atoms with van der Waals surface area (Å²) in [7, 11) is 0. The molecule has 0 atom stereocenters. The number of carboxylic acid groups (broad SMARTS) is 1. The van der Waals surface area contributed by atoms with E-state index in [1.165, 1.54) is 88.8 Å². The summed E-state index contributed by atoms with van der Waals surface area (Å²) in [6.07, 6.45) is 15.8. The van der Waals surface area contributed by atoms with Gasteiger partial charge in [-0.15, -0.1) is 0 Å². The van der Waals surface area contributed by atoms with Gasteiger partial charge in [-0.1, -0.05) is 122 Å². The molecule has 0 spiro atoms. The lowest BCUT2D eigenvalue weighted by Crippen LogP contribution is -2.07. The molecular weight excluding hydrogens is 553 g/mol. The summed E-state index contributed by atoms with van der Waals surface area (Å²) in [6.45, 7) is 5.50. The number of carboxylic acids is 1. The molecule has 240 valence electrons. The number of alkyl halides is 3. The molecule has 1 N–H and O–H groups in total. The first-order chi connectivity index (χ1) is 20.8. The van der Waals surface area contributed by atoms with Crippen molar-refractivity contribution in [2.45, 2.75) is 123 Å². The van der Waals surface area contributed by atoms with E-state index in [0.717, 1.165) is 44.2 Å². The maximum Gasteiger partial charge on any atom is 0.416 e. The second-order valence-corrected chi connectivity index (χ2v) is 11.3. The van der Waals surface area contributed by atoms with Crippen LogP contribution in [0, 0.1) is 0 Å². The third-order valence-electron chi connectivity index (χ3n) is 7.52. The van der Waals surface area contributed by atoms with E-state index in [9.17, 15) is 23.1 Å². The Balaban J connectivity index is 2.09. The second-order valence-electron chi connectivity index (χ2n) is 11.3. The van der Waals surface area contributed by atoms with Gasteiger partial charge >= 0.3 is 12.1 Å². The quantitative estimate of drug-likeness (QED) is 0.0779. The Morgan fingerprint density at radius 2 is 1.21 bits per heavy atom. The van der Waals surface area contributed by atoms with Crippen LogP contribution in [0.15, 0.2) is 42.5 Å². The van der Waals surface area contributed by atoms with E-state index < -0.39 is 17.7 Å². The molecule has 0 aliphatic carbocycles. The molecule has 0 heterocycles. The number of carbonyl (C=O) groups is 1. The molecule has 0 amide bonds. The largest absolute Gasteiger partial charge is 0.490 e. The van der Waals surface area contributed by atoms with E-state index in [-0.39, 0.29) is 11.1 Å². The van der Waals surface area contributed by atoms with Gasteiger partial charge in [-0.05, 0) is 54.3 Å². The van der Waals surface area contributed by atoms with Crippen molar-refractivity contribution >= 4 is 17.6 Å². The molecule has 4 nitrogen and oxygen atoms in total. The molecule has 2 aromatic rings. The zero-order valence-corrected chi connectivity index (χ0v) is 26.2. The highest BCUT2D eigenvalue weighted by molar-refractivity contribution is 6.20. The van der Waals surface area contributed by atoms with Crippen molar-refractivity contribution in [2.24, 2.45) is 0 Å². The van der Waals surface area contributed by atoms with Gasteiger partial charge in [0.2, 0.25) is 0 Å². The molecular formula is C36H51F3O4. The van der Waals surface area contributed by atoms with Crippen molar-refractivity contribution in [3.63, 3.8) is 0 Å². The topological polar surface area (TPSA) is 55.8 Å². The fourth-order valence-corrected chi connectivity index (χ4v) is 4.98. The molecule has 0 aromatic heterocycles. The standard InChI is InChI=1S/C36H51F3O4/c1-3-5-7-9-11-13-15-17-24-42-33-23-22-29(27-34(33)43-25-18-16-14-12-10-8-6-4-2)26-32(35(40)41)30-20-19-21-31(28-30)36(37,38)39/h19-23,26-28H,3-18,24-25H2,1-2H3,(H,40,41)/b32-26+. The van der Waals surface area contributed by atoms with E-state index in [4.69, 9.17) is 9.47 Å². The van der Waals surface area contributed by atoms with E-state index >= 15 is 0 Å². The van der Waals surface area contributed by atoms with E-state index in [0.29, 0.717) is 30.3 Å². The minimum Gasteiger partial charge on any atom is -0.490 e. The first-order valence-electron chi connectivity index (χ1n) is 16.3. The Labute approximate surface area is 256 Å². The molecule has 2 aromatic carbocycles. The van der Waals surface area contributed by atoms with Crippen molar-refractivity contribution < 1.29 is 32.5 Å². The van der Waals surface area contributed by atoms with Gasteiger partial charge < -0.3 is 14.6 Å². The van der Waals surface area contributed by atoms with Crippen LogP contribution in [0.3, 0.4) is 0 Å². The number of rotatable bonds is 23. The molecule has 0 aliphatic rings. The zero-order valence-electron chi connectivity index (χ0n) is 26.2. The highest BCUT2D eigenvalue weighted by Gasteiger charge is 2.31. The Hall–Kier alpha value is -2.96. The molecule has 0 saturated heterocycles. The average Bonchev–Trinajstić information content (AvgIpc) is 2.98. The lowest BCUT2D eigenvalue weighted by atomic mass is 10.0. The number of ether oxygens (including phenoxy) is 2. The molecule has 0 saturated carbocycles. The van der Waals surface area contributed by atoms with Crippen molar-refractivity contribution in [3.05, 3.63) is 59.2 Å². The first-order valence-corrected chi connectivity index (χ1v) is 16.3. The summed E-state index contributed by atoms with van der Waals surface area (Å²) in [5, 5.41) is 9.84. The summed E-state index contributed by atoms with van der Waals surface area (Å²) in [5.74, 6) is -0.198. The van der Waals surface area contributed by atoms with Crippen LogP contribution in [0.4, 0.5) is 13.2 Å². The summed E-state index contributed by atoms with van der Waals surface area (Å²) in [5.41, 5.74) is -0.622. The number of benzene rings is 2. The smallest absolute Gasteiger partial charge is 0.416 e. The van der Waals surface area contributed by atoms with Crippen LogP contribution in [0.5, 0.6) is 11.5 Å². The van der Waals surface area contributed by atoms with Crippen molar-refractivity contribution in [3.8, 4) is 11.5 Å². The van der Waals surface area contributed by atoms with Gasteiger partial charge in [0.1, 0.15) is 0 Å². The van der Waals surface area contributed by atoms with Crippen LogP contribution >= 0.6 is 0 Å². The maximum absolute atomic E-state index is 13.3. The van der Waals surface area contributed by atoms with Gasteiger partial charge in [-0.25, -0.2) is 4.79 Å². The summed E-state index contributed by atoms with van der Waals surface area (Å²) in [6, 6.07) is 9.56. The maximum atomic E-state index is 13.3. The van der Waals surface area contributed by atoms with Gasteiger partial charge in [0.15, 0.2) is 11.5 Å². The first kappa shape index (κ1) is 36.2. The van der Waals surface area contributed by atoms with E-state index in [1.807, 2.05) is 0 Å². The van der Waals surface area contributed by atoms with Gasteiger partial charge in [0, 0.05) is 0 Å². The van der Waals surface area contributed by atoms with Crippen LogP contribution < -0.4 is 9.47 Å². The molecule has 0 radical (unpaired) electrons. The summed E-state index contributed by atoms with van der Waals surface area (Å²) >= 11 is 0. The minimum absolute atomic E-state index is 0.0150. The van der Waals surface area contributed by atoms with Crippen molar-refractivity contribution in [1.29, 1.82) is 0 Å². The van der Waals surface area contributed by atoms with Crippen LogP contribution in [-0.4, -0.2) is 24.3 Å². The number of halogens is 3. The summed E-state index contributed by atoms with van der Waals surface area (Å²) in [4.78, 5) is 12.1.